The monoisotopic (exact) mass is 468 g/mol. The number of ether oxygens (including phenoxy) is 2. The minimum Gasteiger partial charge on any atom is -0.462 e. The SMILES string of the molecule is CCc1ccccc1NC(=O)COC(=O)CCCC(=O)Nc1ccc(C(=O)OCC(C)C)cc1. The second-order valence-corrected chi connectivity index (χ2v) is 8.19. The van der Waals surface area contributed by atoms with Crippen LogP contribution in [0.5, 0.6) is 0 Å². The Balaban J connectivity index is 1.66. The number of anilines is 2. The molecule has 0 aliphatic carbocycles. The number of hydrogen-bond donors (Lipinski definition) is 2. The van der Waals surface area contributed by atoms with Crippen molar-refractivity contribution in [3.05, 3.63) is 59.7 Å². The lowest BCUT2D eigenvalue weighted by Crippen LogP contribution is -2.21. The molecule has 0 aliphatic heterocycles. The number of carbonyl (C=O) groups is 4. The average Bonchev–Trinajstić information content (AvgIpc) is 2.82. The summed E-state index contributed by atoms with van der Waals surface area (Å²) in [5.74, 6) is -1.38. The van der Waals surface area contributed by atoms with Crippen LogP contribution in [0.4, 0.5) is 11.4 Å². The highest BCUT2D eigenvalue weighted by Crippen LogP contribution is 2.15. The van der Waals surface area contributed by atoms with Gasteiger partial charge in [0.2, 0.25) is 5.91 Å². The summed E-state index contributed by atoms with van der Waals surface area (Å²) in [4.78, 5) is 47.9. The maximum absolute atomic E-state index is 12.1. The predicted octanol–water partition coefficient (Wildman–Crippen LogP) is 4.35. The van der Waals surface area contributed by atoms with Crippen LogP contribution in [0.25, 0.3) is 0 Å². The van der Waals surface area contributed by atoms with Gasteiger partial charge in [0.15, 0.2) is 6.61 Å². The molecule has 0 radical (unpaired) electrons. The topological polar surface area (TPSA) is 111 Å². The number of hydrogen-bond acceptors (Lipinski definition) is 6. The molecule has 0 atom stereocenters. The summed E-state index contributed by atoms with van der Waals surface area (Å²) in [6.07, 6.45) is 1.19. The first-order valence-electron chi connectivity index (χ1n) is 11.4. The summed E-state index contributed by atoms with van der Waals surface area (Å²) in [6.45, 7) is 5.86. The second kappa shape index (κ2) is 13.8. The zero-order valence-electron chi connectivity index (χ0n) is 19.9. The van der Waals surface area contributed by atoms with E-state index in [9.17, 15) is 19.2 Å². The van der Waals surface area contributed by atoms with Gasteiger partial charge in [-0.1, -0.05) is 39.0 Å². The van der Waals surface area contributed by atoms with Gasteiger partial charge in [0.1, 0.15) is 0 Å². The van der Waals surface area contributed by atoms with Gasteiger partial charge in [-0.15, -0.1) is 0 Å². The number of aryl methyl sites for hydroxylation is 1. The molecule has 0 saturated carbocycles. The molecular weight excluding hydrogens is 436 g/mol. The van der Waals surface area contributed by atoms with Crippen LogP contribution < -0.4 is 10.6 Å². The van der Waals surface area contributed by atoms with Crippen LogP contribution in [-0.4, -0.2) is 37.0 Å². The first kappa shape index (κ1) is 26.6. The van der Waals surface area contributed by atoms with Gasteiger partial charge in [0.05, 0.1) is 12.2 Å². The van der Waals surface area contributed by atoms with Gasteiger partial charge >= 0.3 is 11.9 Å². The molecule has 0 unspecified atom stereocenters. The molecule has 182 valence electrons. The van der Waals surface area contributed by atoms with Crippen molar-refractivity contribution in [1.82, 2.24) is 0 Å². The molecular formula is C26H32N2O6. The van der Waals surface area contributed by atoms with Crippen LogP contribution in [-0.2, 0) is 30.3 Å². The number of carbonyl (C=O) groups excluding carboxylic acids is 4. The first-order chi connectivity index (χ1) is 16.3. The van der Waals surface area contributed by atoms with Crippen LogP contribution in [0.15, 0.2) is 48.5 Å². The lowest BCUT2D eigenvalue weighted by atomic mass is 10.1. The van der Waals surface area contributed by atoms with Crippen molar-refractivity contribution < 1.29 is 28.7 Å². The van der Waals surface area contributed by atoms with Crippen LogP contribution in [0.1, 0.15) is 56.0 Å². The molecule has 0 saturated heterocycles. The van der Waals surface area contributed by atoms with E-state index in [0.29, 0.717) is 23.5 Å². The summed E-state index contributed by atoms with van der Waals surface area (Å²) in [7, 11) is 0. The summed E-state index contributed by atoms with van der Waals surface area (Å²) in [5.41, 5.74) is 2.64. The number of benzene rings is 2. The molecule has 0 aliphatic rings. The minimum atomic E-state index is -0.545. The molecule has 2 N–H and O–H groups in total. The average molecular weight is 469 g/mol. The van der Waals surface area contributed by atoms with E-state index in [-0.39, 0.29) is 37.7 Å². The third kappa shape index (κ3) is 9.44. The molecule has 8 heteroatoms. The summed E-state index contributed by atoms with van der Waals surface area (Å²) in [5, 5.41) is 5.44. The van der Waals surface area contributed by atoms with Gasteiger partial charge in [-0.3, -0.25) is 14.4 Å². The highest BCUT2D eigenvalue weighted by atomic mass is 16.5. The quantitative estimate of drug-likeness (QED) is 0.448. The molecule has 2 rings (SSSR count). The molecule has 0 fully saturated rings. The van der Waals surface area contributed by atoms with E-state index in [1.54, 1.807) is 30.3 Å². The van der Waals surface area contributed by atoms with Gasteiger partial charge in [0.25, 0.3) is 5.91 Å². The Labute approximate surface area is 200 Å². The van der Waals surface area contributed by atoms with Crippen molar-refractivity contribution >= 4 is 35.1 Å². The zero-order chi connectivity index (χ0) is 24.9. The van der Waals surface area contributed by atoms with Gasteiger partial charge < -0.3 is 20.1 Å². The summed E-state index contributed by atoms with van der Waals surface area (Å²) >= 11 is 0. The normalized spacial score (nSPS) is 10.5. The molecule has 34 heavy (non-hydrogen) atoms. The highest BCUT2D eigenvalue weighted by Gasteiger charge is 2.12. The number of amides is 2. The Morgan fingerprint density at radius 3 is 2.24 bits per heavy atom. The summed E-state index contributed by atoms with van der Waals surface area (Å²) < 4.78 is 10.2. The fourth-order valence-corrected chi connectivity index (χ4v) is 2.99. The van der Waals surface area contributed by atoms with Crippen molar-refractivity contribution in [3.63, 3.8) is 0 Å². The Bertz CT molecular complexity index is 985. The molecule has 0 spiro atoms. The van der Waals surface area contributed by atoms with Crippen LogP contribution in [0.2, 0.25) is 0 Å². The van der Waals surface area contributed by atoms with E-state index in [1.165, 1.54) is 0 Å². The molecule has 0 heterocycles. The molecule has 0 aromatic heterocycles. The standard InChI is InChI=1S/C26H32N2O6/c1-4-19-8-5-6-9-22(19)28-24(30)17-33-25(31)11-7-10-23(29)27-21-14-12-20(13-15-21)26(32)34-16-18(2)3/h5-6,8-9,12-15,18H,4,7,10-11,16-17H2,1-3H3,(H,27,29)(H,28,30). The Morgan fingerprint density at radius 1 is 0.853 bits per heavy atom. The molecule has 2 amide bonds. The van der Waals surface area contributed by atoms with E-state index < -0.39 is 17.8 Å². The van der Waals surface area contributed by atoms with Crippen LogP contribution in [0, 0.1) is 5.92 Å². The Kier molecular flexibility index (Phi) is 10.8. The van der Waals surface area contributed by atoms with E-state index >= 15 is 0 Å². The Morgan fingerprint density at radius 2 is 1.56 bits per heavy atom. The lowest BCUT2D eigenvalue weighted by Gasteiger charge is -2.10. The lowest BCUT2D eigenvalue weighted by molar-refractivity contribution is -0.147. The van der Waals surface area contributed by atoms with E-state index in [1.807, 2.05) is 39.0 Å². The number of rotatable bonds is 12. The van der Waals surface area contributed by atoms with Crippen molar-refractivity contribution in [2.45, 2.75) is 46.5 Å². The first-order valence-corrected chi connectivity index (χ1v) is 11.4. The highest BCUT2D eigenvalue weighted by molar-refractivity contribution is 5.94. The van der Waals surface area contributed by atoms with E-state index in [4.69, 9.17) is 9.47 Å². The number of esters is 2. The molecule has 2 aromatic rings. The predicted molar refractivity (Wildman–Crippen MR) is 129 cm³/mol. The molecule has 0 bridgehead atoms. The van der Waals surface area contributed by atoms with Gasteiger partial charge in [0, 0.05) is 24.2 Å². The van der Waals surface area contributed by atoms with Crippen molar-refractivity contribution in [3.8, 4) is 0 Å². The second-order valence-electron chi connectivity index (χ2n) is 8.19. The molecule has 8 nitrogen and oxygen atoms in total. The van der Waals surface area contributed by atoms with Gasteiger partial charge in [-0.05, 0) is 54.7 Å². The van der Waals surface area contributed by atoms with E-state index in [2.05, 4.69) is 10.6 Å². The number of nitrogens with one attached hydrogen (secondary N) is 2. The van der Waals surface area contributed by atoms with E-state index in [0.717, 1.165) is 12.0 Å². The van der Waals surface area contributed by atoms with Crippen LogP contribution >= 0.6 is 0 Å². The van der Waals surface area contributed by atoms with Gasteiger partial charge in [-0.25, -0.2) is 4.79 Å². The fraction of sp³-hybridized carbons (Fsp3) is 0.385. The summed E-state index contributed by atoms with van der Waals surface area (Å²) in [6, 6.07) is 13.8. The third-order valence-corrected chi connectivity index (χ3v) is 4.77. The maximum atomic E-state index is 12.1. The van der Waals surface area contributed by atoms with Crippen molar-refractivity contribution in [2.75, 3.05) is 23.8 Å². The zero-order valence-corrected chi connectivity index (χ0v) is 19.9. The van der Waals surface area contributed by atoms with Crippen molar-refractivity contribution in [1.29, 1.82) is 0 Å². The largest absolute Gasteiger partial charge is 0.462 e. The third-order valence-electron chi connectivity index (χ3n) is 4.77. The van der Waals surface area contributed by atoms with Gasteiger partial charge in [-0.2, -0.15) is 0 Å². The molecule has 2 aromatic carbocycles. The maximum Gasteiger partial charge on any atom is 0.338 e. The smallest absolute Gasteiger partial charge is 0.338 e. The van der Waals surface area contributed by atoms with Crippen LogP contribution in [0.3, 0.4) is 0 Å². The van der Waals surface area contributed by atoms with Crippen molar-refractivity contribution in [2.24, 2.45) is 5.92 Å². The minimum absolute atomic E-state index is 0.0207. The Hall–Kier alpha value is -3.68. The number of para-hydroxylation sites is 1. The fourth-order valence-electron chi connectivity index (χ4n) is 2.99.